The van der Waals surface area contributed by atoms with Crippen LogP contribution in [0.5, 0.6) is 0 Å². The van der Waals surface area contributed by atoms with Crippen LogP contribution in [-0.4, -0.2) is 19.7 Å². The molecule has 0 unspecified atom stereocenters. The molecule has 158 valence electrons. The van der Waals surface area contributed by atoms with Gasteiger partial charge >= 0.3 is 6.18 Å². The number of rotatable bonds is 3. The number of para-hydroxylation sites is 1. The smallest absolute Gasteiger partial charge is 0.264 e. The molecule has 0 saturated carbocycles. The van der Waals surface area contributed by atoms with Gasteiger partial charge in [0.25, 0.3) is 0 Å². The van der Waals surface area contributed by atoms with Gasteiger partial charge in [0, 0.05) is 28.5 Å². The van der Waals surface area contributed by atoms with Crippen LogP contribution in [0.4, 0.5) is 13.2 Å². The molecule has 0 aliphatic rings. The quantitative estimate of drug-likeness (QED) is 0.303. The minimum absolute atomic E-state index is 0.0729. The Morgan fingerprint density at radius 1 is 0.844 bits per heavy atom. The lowest BCUT2D eigenvalue weighted by Gasteiger charge is -2.12. The summed E-state index contributed by atoms with van der Waals surface area (Å²) in [5.41, 5.74) is 1.23. The standard InChI is InChI=1S/C24H14ClF3N4/c25-17-10-8-15(9-11-17)22-21-19(24(26,27)28)13-20(16-5-4-12-29-14-16)30-23(21)32(31-22)18-6-2-1-3-7-18/h1-14H. The maximum Gasteiger partial charge on any atom is 0.417 e. The van der Waals surface area contributed by atoms with Crippen molar-refractivity contribution in [3.05, 3.63) is 95.8 Å². The van der Waals surface area contributed by atoms with Gasteiger partial charge in [-0.25, -0.2) is 9.67 Å². The van der Waals surface area contributed by atoms with Gasteiger partial charge in [-0.2, -0.15) is 18.3 Å². The molecule has 3 aromatic heterocycles. The van der Waals surface area contributed by atoms with E-state index in [1.807, 2.05) is 6.07 Å². The molecule has 0 amide bonds. The van der Waals surface area contributed by atoms with E-state index >= 15 is 0 Å². The second-order valence-corrected chi connectivity index (χ2v) is 7.53. The Morgan fingerprint density at radius 2 is 1.59 bits per heavy atom. The Labute approximate surface area is 185 Å². The third-order valence-electron chi connectivity index (χ3n) is 5.02. The Morgan fingerprint density at radius 3 is 2.25 bits per heavy atom. The Bertz CT molecular complexity index is 1400. The normalized spacial score (nSPS) is 11.8. The number of pyridine rings is 2. The summed E-state index contributed by atoms with van der Waals surface area (Å²) in [6, 6.07) is 19.9. The molecular formula is C24H14ClF3N4. The van der Waals surface area contributed by atoms with E-state index in [-0.39, 0.29) is 22.4 Å². The SMILES string of the molecule is FC(F)(F)c1cc(-c2cccnc2)nc2c1c(-c1ccc(Cl)cc1)nn2-c1ccccc1. The Kier molecular flexibility index (Phi) is 4.90. The lowest BCUT2D eigenvalue weighted by Crippen LogP contribution is -2.08. The summed E-state index contributed by atoms with van der Waals surface area (Å²) in [5, 5.41) is 4.97. The third kappa shape index (κ3) is 3.61. The van der Waals surface area contributed by atoms with Gasteiger partial charge in [-0.15, -0.1) is 0 Å². The van der Waals surface area contributed by atoms with E-state index in [1.165, 1.54) is 10.9 Å². The zero-order valence-electron chi connectivity index (χ0n) is 16.4. The van der Waals surface area contributed by atoms with Gasteiger partial charge in [0.1, 0.15) is 5.69 Å². The van der Waals surface area contributed by atoms with Crippen LogP contribution >= 0.6 is 11.6 Å². The molecule has 2 aromatic carbocycles. The van der Waals surface area contributed by atoms with Gasteiger partial charge in [0.15, 0.2) is 5.65 Å². The Hall–Kier alpha value is -3.71. The fourth-order valence-electron chi connectivity index (χ4n) is 3.56. The molecule has 3 heterocycles. The lowest BCUT2D eigenvalue weighted by atomic mass is 10.0. The summed E-state index contributed by atoms with van der Waals surface area (Å²) >= 11 is 5.99. The molecule has 5 aromatic rings. The molecule has 0 aliphatic carbocycles. The first kappa shape index (κ1) is 20.2. The van der Waals surface area contributed by atoms with Crippen molar-refractivity contribution in [3.63, 3.8) is 0 Å². The highest BCUT2D eigenvalue weighted by Crippen LogP contribution is 2.41. The molecule has 0 aliphatic heterocycles. The molecule has 4 nitrogen and oxygen atoms in total. The van der Waals surface area contributed by atoms with E-state index in [1.54, 1.807) is 66.9 Å². The number of hydrogen-bond acceptors (Lipinski definition) is 3. The van der Waals surface area contributed by atoms with Crippen LogP contribution in [0.15, 0.2) is 85.2 Å². The number of alkyl halides is 3. The highest BCUT2D eigenvalue weighted by molar-refractivity contribution is 6.30. The molecule has 0 N–H and O–H groups in total. The first-order valence-corrected chi connectivity index (χ1v) is 10.0. The number of hydrogen-bond donors (Lipinski definition) is 0. The molecule has 0 bridgehead atoms. The number of halogens is 4. The predicted octanol–water partition coefficient (Wildman–Crippen LogP) is 6.82. The fourth-order valence-corrected chi connectivity index (χ4v) is 3.69. The molecule has 0 fully saturated rings. The summed E-state index contributed by atoms with van der Waals surface area (Å²) in [6.07, 6.45) is -1.58. The molecule has 0 radical (unpaired) electrons. The molecule has 5 rings (SSSR count). The molecule has 32 heavy (non-hydrogen) atoms. The first-order valence-electron chi connectivity index (χ1n) is 9.64. The van der Waals surface area contributed by atoms with Crippen molar-refractivity contribution >= 4 is 22.6 Å². The minimum atomic E-state index is -4.62. The average Bonchev–Trinajstić information content (AvgIpc) is 3.19. The first-order chi connectivity index (χ1) is 15.4. The summed E-state index contributed by atoms with van der Waals surface area (Å²) in [7, 11) is 0. The van der Waals surface area contributed by atoms with Crippen molar-refractivity contribution in [2.45, 2.75) is 6.18 Å². The highest BCUT2D eigenvalue weighted by Gasteiger charge is 2.36. The molecule has 0 spiro atoms. The largest absolute Gasteiger partial charge is 0.417 e. The monoisotopic (exact) mass is 450 g/mol. The van der Waals surface area contributed by atoms with Crippen molar-refractivity contribution in [1.82, 2.24) is 19.7 Å². The van der Waals surface area contributed by atoms with Gasteiger partial charge in [0.05, 0.1) is 22.3 Å². The maximum atomic E-state index is 14.3. The zero-order chi connectivity index (χ0) is 22.3. The van der Waals surface area contributed by atoms with Crippen LogP contribution in [0.25, 0.3) is 39.2 Å². The second-order valence-electron chi connectivity index (χ2n) is 7.10. The van der Waals surface area contributed by atoms with E-state index in [0.29, 0.717) is 21.8 Å². The van der Waals surface area contributed by atoms with Gasteiger partial charge < -0.3 is 0 Å². The van der Waals surface area contributed by atoms with Crippen LogP contribution in [0.3, 0.4) is 0 Å². The van der Waals surface area contributed by atoms with Crippen LogP contribution in [-0.2, 0) is 6.18 Å². The van der Waals surface area contributed by atoms with E-state index in [2.05, 4.69) is 15.1 Å². The van der Waals surface area contributed by atoms with E-state index in [9.17, 15) is 13.2 Å². The van der Waals surface area contributed by atoms with Crippen molar-refractivity contribution in [2.24, 2.45) is 0 Å². The highest BCUT2D eigenvalue weighted by atomic mass is 35.5. The van der Waals surface area contributed by atoms with Gasteiger partial charge in [-0.1, -0.05) is 41.9 Å². The van der Waals surface area contributed by atoms with Gasteiger partial charge in [0.2, 0.25) is 0 Å². The van der Waals surface area contributed by atoms with Crippen molar-refractivity contribution in [3.8, 4) is 28.2 Å². The van der Waals surface area contributed by atoms with Crippen molar-refractivity contribution in [1.29, 1.82) is 0 Å². The van der Waals surface area contributed by atoms with Crippen LogP contribution in [0.1, 0.15) is 5.56 Å². The van der Waals surface area contributed by atoms with Crippen LogP contribution in [0.2, 0.25) is 5.02 Å². The number of benzene rings is 2. The van der Waals surface area contributed by atoms with Crippen LogP contribution < -0.4 is 0 Å². The van der Waals surface area contributed by atoms with Gasteiger partial charge in [-0.3, -0.25) is 4.98 Å². The number of aromatic nitrogens is 4. The third-order valence-corrected chi connectivity index (χ3v) is 5.27. The number of fused-ring (bicyclic) bond motifs is 1. The van der Waals surface area contributed by atoms with Gasteiger partial charge in [-0.05, 0) is 42.5 Å². The average molecular weight is 451 g/mol. The van der Waals surface area contributed by atoms with E-state index in [0.717, 1.165) is 6.07 Å². The van der Waals surface area contributed by atoms with Crippen LogP contribution in [0, 0.1) is 0 Å². The predicted molar refractivity (Wildman–Crippen MR) is 118 cm³/mol. The van der Waals surface area contributed by atoms with E-state index in [4.69, 9.17) is 11.6 Å². The van der Waals surface area contributed by atoms with Crippen molar-refractivity contribution < 1.29 is 13.2 Å². The fraction of sp³-hybridized carbons (Fsp3) is 0.0417. The zero-order valence-corrected chi connectivity index (χ0v) is 17.1. The summed E-state index contributed by atoms with van der Waals surface area (Å²) < 4.78 is 44.3. The minimum Gasteiger partial charge on any atom is -0.264 e. The van der Waals surface area contributed by atoms with E-state index < -0.39 is 11.7 Å². The second kappa shape index (κ2) is 7.76. The molecule has 8 heteroatoms. The Balaban J connectivity index is 1.90. The molecular weight excluding hydrogens is 437 g/mol. The molecule has 0 saturated heterocycles. The number of nitrogens with zero attached hydrogens (tertiary/aromatic N) is 4. The summed E-state index contributed by atoms with van der Waals surface area (Å²) in [6.45, 7) is 0. The summed E-state index contributed by atoms with van der Waals surface area (Å²) in [5.74, 6) is 0. The lowest BCUT2D eigenvalue weighted by molar-refractivity contribution is -0.136. The molecule has 0 atom stereocenters. The maximum absolute atomic E-state index is 14.3. The topological polar surface area (TPSA) is 43.6 Å². The van der Waals surface area contributed by atoms with Crippen molar-refractivity contribution in [2.75, 3.05) is 0 Å². The summed E-state index contributed by atoms with van der Waals surface area (Å²) in [4.78, 5) is 8.61.